The molecule has 0 N–H and O–H groups in total. The predicted molar refractivity (Wildman–Crippen MR) is 148 cm³/mol. The van der Waals surface area contributed by atoms with Crippen LogP contribution in [0.5, 0.6) is 11.5 Å². The Bertz CT molecular complexity index is 1200. The van der Waals surface area contributed by atoms with Gasteiger partial charge in [-0.05, 0) is 65.8 Å². The molecule has 3 aromatic carbocycles. The van der Waals surface area contributed by atoms with E-state index in [2.05, 4.69) is 45.0 Å². The van der Waals surface area contributed by atoms with Crippen molar-refractivity contribution >= 4 is 5.91 Å². The van der Waals surface area contributed by atoms with Crippen molar-refractivity contribution < 1.29 is 9.53 Å². The number of rotatable bonds is 6. The van der Waals surface area contributed by atoms with Gasteiger partial charge in [0.2, 0.25) is 5.91 Å². The largest absolute Gasteiger partial charge is 0.457 e. The average molecular weight is 496 g/mol. The fraction of sp³-hybridized carbons (Fsp3) is 0.406. The molecule has 6 rings (SSSR count). The highest BCUT2D eigenvalue weighted by Crippen LogP contribution is 2.29. The molecule has 2 fully saturated rings. The summed E-state index contributed by atoms with van der Waals surface area (Å²) in [5.41, 5.74) is 5.17. The minimum absolute atomic E-state index is 0.295. The lowest BCUT2D eigenvalue weighted by molar-refractivity contribution is -0.134. The minimum atomic E-state index is 0.295. The standard InChI is InChI=1S/C32H37N3O2/c36-32(35-20-18-34(19-21-35)29-6-4-5-7-29)24-33-17-16-27-22-26(10-11-28(27)23-33)25-12-14-31(15-13-25)37-30-8-2-1-3-9-30/h1-3,8-15,22,29H,4-7,16-21,23-24H2. The maximum Gasteiger partial charge on any atom is 0.236 e. The summed E-state index contributed by atoms with van der Waals surface area (Å²) in [5, 5.41) is 0. The van der Waals surface area contributed by atoms with E-state index in [0.29, 0.717) is 12.5 Å². The Balaban J connectivity index is 1.03. The van der Waals surface area contributed by atoms with E-state index in [0.717, 1.165) is 63.2 Å². The van der Waals surface area contributed by atoms with E-state index in [1.807, 2.05) is 42.5 Å². The number of carbonyl (C=O) groups excluding carboxylic acids is 1. The molecule has 0 radical (unpaired) electrons. The number of amides is 1. The van der Waals surface area contributed by atoms with Gasteiger partial charge in [0.1, 0.15) is 11.5 Å². The number of benzene rings is 3. The minimum Gasteiger partial charge on any atom is -0.457 e. The lowest BCUT2D eigenvalue weighted by atomic mass is 9.94. The first-order chi connectivity index (χ1) is 18.2. The van der Waals surface area contributed by atoms with Crippen molar-refractivity contribution in [2.75, 3.05) is 39.3 Å². The Hall–Kier alpha value is -3.15. The van der Waals surface area contributed by atoms with Crippen molar-refractivity contribution in [2.24, 2.45) is 0 Å². The Kier molecular flexibility index (Phi) is 7.25. The molecule has 3 aromatic rings. The zero-order valence-corrected chi connectivity index (χ0v) is 21.6. The van der Waals surface area contributed by atoms with Crippen LogP contribution in [0.1, 0.15) is 36.8 Å². The highest BCUT2D eigenvalue weighted by molar-refractivity contribution is 5.78. The molecule has 0 spiro atoms. The highest BCUT2D eigenvalue weighted by Gasteiger charge is 2.29. The number of para-hydroxylation sites is 1. The zero-order chi connectivity index (χ0) is 25.0. The second-order valence-corrected chi connectivity index (χ2v) is 10.7. The molecule has 1 aliphatic carbocycles. The molecule has 1 saturated heterocycles. The molecule has 3 aliphatic rings. The van der Waals surface area contributed by atoms with Crippen LogP contribution in [0.4, 0.5) is 0 Å². The maximum atomic E-state index is 13.0. The van der Waals surface area contributed by atoms with E-state index < -0.39 is 0 Å². The average Bonchev–Trinajstić information content (AvgIpc) is 3.49. The van der Waals surface area contributed by atoms with Crippen LogP contribution < -0.4 is 4.74 Å². The van der Waals surface area contributed by atoms with Crippen LogP contribution in [-0.2, 0) is 17.8 Å². The fourth-order valence-electron chi connectivity index (χ4n) is 6.16. The summed E-state index contributed by atoms with van der Waals surface area (Å²) < 4.78 is 5.94. The molecule has 1 saturated carbocycles. The van der Waals surface area contributed by atoms with Crippen molar-refractivity contribution in [3.8, 4) is 22.6 Å². The molecule has 192 valence electrons. The third-order valence-corrected chi connectivity index (χ3v) is 8.33. The molecule has 1 amide bonds. The maximum absolute atomic E-state index is 13.0. The highest BCUT2D eigenvalue weighted by atomic mass is 16.5. The van der Waals surface area contributed by atoms with Crippen molar-refractivity contribution in [2.45, 2.75) is 44.7 Å². The molecule has 37 heavy (non-hydrogen) atoms. The summed E-state index contributed by atoms with van der Waals surface area (Å²) in [5.74, 6) is 1.98. The molecule has 0 aromatic heterocycles. The molecule has 2 heterocycles. The quantitative estimate of drug-likeness (QED) is 0.447. The van der Waals surface area contributed by atoms with E-state index in [4.69, 9.17) is 4.74 Å². The van der Waals surface area contributed by atoms with Crippen molar-refractivity contribution in [3.05, 3.63) is 83.9 Å². The zero-order valence-electron chi connectivity index (χ0n) is 21.6. The van der Waals surface area contributed by atoms with Gasteiger partial charge in [0, 0.05) is 45.3 Å². The number of nitrogens with zero attached hydrogens (tertiary/aromatic N) is 3. The van der Waals surface area contributed by atoms with Crippen molar-refractivity contribution in [3.63, 3.8) is 0 Å². The first-order valence-corrected chi connectivity index (χ1v) is 13.9. The predicted octanol–water partition coefficient (Wildman–Crippen LogP) is 5.59. The molecule has 0 unspecified atom stereocenters. The van der Waals surface area contributed by atoms with Gasteiger partial charge in [-0.15, -0.1) is 0 Å². The Morgan fingerprint density at radius 1 is 0.757 bits per heavy atom. The summed E-state index contributed by atoms with van der Waals surface area (Å²) in [4.78, 5) is 20.1. The summed E-state index contributed by atoms with van der Waals surface area (Å²) in [6.45, 7) is 6.19. The van der Waals surface area contributed by atoms with E-state index in [1.165, 1.54) is 47.9 Å². The van der Waals surface area contributed by atoms with Gasteiger partial charge in [-0.1, -0.05) is 61.4 Å². The van der Waals surface area contributed by atoms with Crippen LogP contribution in [0.25, 0.3) is 11.1 Å². The van der Waals surface area contributed by atoms with Gasteiger partial charge in [0.05, 0.1) is 6.54 Å². The summed E-state index contributed by atoms with van der Waals surface area (Å²) >= 11 is 0. The van der Waals surface area contributed by atoms with Crippen LogP contribution in [0.3, 0.4) is 0 Å². The molecule has 0 atom stereocenters. The molecule has 5 nitrogen and oxygen atoms in total. The Morgan fingerprint density at radius 2 is 1.46 bits per heavy atom. The second kappa shape index (κ2) is 11.1. The van der Waals surface area contributed by atoms with Crippen molar-refractivity contribution in [1.29, 1.82) is 0 Å². The summed E-state index contributed by atoms with van der Waals surface area (Å²) in [7, 11) is 0. The number of hydrogen-bond acceptors (Lipinski definition) is 4. The fourth-order valence-corrected chi connectivity index (χ4v) is 6.16. The van der Waals surface area contributed by atoms with E-state index in [9.17, 15) is 4.79 Å². The van der Waals surface area contributed by atoms with Gasteiger partial charge in [0.25, 0.3) is 0 Å². The van der Waals surface area contributed by atoms with Crippen LogP contribution in [0.15, 0.2) is 72.8 Å². The summed E-state index contributed by atoms with van der Waals surface area (Å²) in [6, 6.07) is 25.7. The third-order valence-electron chi connectivity index (χ3n) is 8.33. The van der Waals surface area contributed by atoms with E-state index in [1.54, 1.807) is 0 Å². The second-order valence-electron chi connectivity index (χ2n) is 10.7. The SMILES string of the molecule is O=C(CN1CCc2cc(-c3ccc(Oc4ccccc4)cc3)ccc2C1)N1CCN(C2CCCC2)CC1. The van der Waals surface area contributed by atoms with Crippen LogP contribution in [0.2, 0.25) is 0 Å². The van der Waals surface area contributed by atoms with Gasteiger partial charge >= 0.3 is 0 Å². The monoisotopic (exact) mass is 495 g/mol. The molecule has 5 heteroatoms. The lowest BCUT2D eigenvalue weighted by Gasteiger charge is -2.39. The van der Waals surface area contributed by atoms with Gasteiger partial charge in [-0.25, -0.2) is 0 Å². The number of carbonyl (C=O) groups is 1. The first-order valence-electron chi connectivity index (χ1n) is 13.9. The Morgan fingerprint density at radius 3 is 2.22 bits per heavy atom. The van der Waals surface area contributed by atoms with Crippen LogP contribution in [-0.4, -0.2) is 65.9 Å². The van der Waals surface area contributed by atoms with E-state index in [-0.39, 0.29) is 0 Å². The summed E-state index contributed by atoms with van der Waals surface area (Å²) in [6.07, 6.45) is 6.42. The molecular weight excluding hydrogens is 458 g/mol. The number of ether oxygens (including phenoxy) is 1. The molecule has 0 bridgehead atoms. The van der Waals surface area contributed by atoms with Crippen LogP contribution >= 0.6 is 0 Å². The first kappa shape index (κ1) is 24.2. The molecular formula is C32H37N3O2. The van der Waals surface area contributed by atoms with E-state index >= 15 is 0 Å². The van der Waals surface area contributed by atoms with Crippen LogP contribution in [0, 0.1) is 0 Å². The number of fused-ring (bicyclic) bond motifs is 1. The normalized spacial score (nSPS) is 19.1. The lowest BCUT2D eigenvalue weighted by Crippen LogP contribution is -2.53. The third kappa shape index (κ3) is 5.73. The smallest absolute Gasteiger partial charge is 0.236 e. The van der Waals surface area contributed by atoms with Gasteiger partial charge < -0.3 is 9.64 Å². The topological polar surface area (TPSA) is 36.0 Å². The van der Waals surface area contributed by atoms with Gasteiger partial charge in [-0.3, -0.25) is 14.6 Å². The molecule has 2 aliphatic heterocycles. The van der Waals surface area contributed by atoms with Crippen molar-refractivity contribution in [1.82, 2.24) is 14.7 Å². The van der Waals surface area contributed by atoms with Gasteiger partial charge in [-0.2, -0.15) is 0 Å². The Labute approximate surface area is 220 Å². The van der Waals surface area contributed by atoms with Gasteiger partial charge in [0.15, 0.2) is 0 Å². The number of piperazine rings is 1. The number of hydrogen-bond donors (Lipinski definition) is 0.